The SMILES string of the molecule is S=C(N/N=C/c1ccccc1OCc1c(Cl)cccc1Cl)Nc1ccccc1. The summed E-state index contributed by atoms with van der Waals surface area (Å²) >= 11 is 17.6. The highest BCUT2D eigenvalue weighted by Crippen LogP contribution is 2.26. The Labute approximate surface area is 179 Å². The van der Waals surface area contributed by atoms with Crippen molar-refractivity contribution in [2.45, 2.75) is 6.61 Å². The normalized spacial score (nSPS) is 10.6. The van der Waals surface area contributed by atoms with Crippen LogP contribution in [0.4, 0.5) is 5.69 Å². The predicted molar refractivity (Wildman–Crippen MR) is 121 cm³/mol. The van der Waals surface area contributed by atoms with Crippen molar-refractivity contribution in [2.75, 3.05) is 5.32 Å². The molecule has 2 N–H and O–H groups in total. The smallest absolute Gasteiger partial charge is 0.191 e. The van der Waals surface area contributed by atoms with Gasteiger partial charge in [0.1, 0.15) is 12.4 Å². The Morgan fingerprint density at radius 3 is 2.36 bits per heavy atom. The highest BCUT2D eigenvalue weighted by atomic mass is 35.5. The van der Waals surface area contributed by atoms with E-state index in [2.05, 4.69) is 15.8 Å². The Balaban J connectivity index is 1.62. The third-order valence-electron chi connectivity index (χ3n) is 3.75. The van der Waals surface area contributed by atoms with Crippen LogP contribution >= 0.6 is 35.4 Å². The zero-order chi connectivity index (χ0) is 19.8. The number of thiocarbonyl (C=S) groups is 1. The lowest BCUT2D eigenvalue weighted by molar-refractivity contribution is 0.306. The summed E-state index contributed by atoms with van der Waals surface area (Å²) in [6.07, 6.45) is 1.64. The van der Waals surface area contributed by atoms with Crippen LogP contribution in [0.1, 0.15) is 11.1 Å². The summed E-state index contributed by atoms with van der Waals surface area (Å²) in [5.41, 5.74) is 5.21. The molecule has 7 heteroatoms. The molecule has 0 amide bonds. The fourth-order valence-electron chi connectivity index (χ4n) is 2.38. The summed E-state index contributed by atoms with van der Waals surface area (Å²) in [5, 5.41) is 8.75. The molecule has 3 aromatic rings. The Morgan fingerprint density at radius 1 is 0.929 bits per heavy atom. The monoisotopic (exact) mass is 429 g/mol. The molecule has 0 heterocycles. The van der Waals surface area contributed by atoms with E-state index in [1.165, 1.54) is 0 Å². The molecule has 0 atom stereocenters. The van der Waals surface area contributed by atoms with Crippen LogP contribution in [-0.2, 0) is 6.61 Å². The summed E-state index contributed by atoms with van der Waals surface area (Å²) in [4.78, 5) is 0. The minimum Gasteiger partial charge on any atom is -0.488 e. The van der Waals surface area contributed by atoms with Crippen LogP contribution in [-0.4, -0.2) is 11.3 Å². The van der Waals surface area contributed by atoms with Crippen molar-refractivity contribution in [1.29, 1.82) is 0 Å². The minimum absolute atomic E-state index is 0.255. The van der Waals surface area contributed by atoms with E-state index < -0.39 is 0 Å². The van der Waals surface area contributed by atoms with E-state index in [4.69, 9.17) is 40.2 Å². The highest BCUT2D eigenvalue weighted by Gasteiger charge is 2.08. The van der Waals surface area contributed by atoms with Gasteiger partial charge in [-0.3, -0.25) is 5.43 Å². The van der Waals surface area contributed by atoms with Crippen molar-refractivity contribution in [1.82, 2.24) is 5.43 Å². The second-order valence-electron chi connectivity index (χ2n) is 5.72. The number of nitrogens with one attached hydrogen (secondary N) is 2. The van der Waals surface area contributed by atoms with Gasteiger partial charge in [-0.1, -0.05) is 59.6 Å². The van der Waals surface area contributed by atoms with E-state index in [1.54, 1.807) is 24.4 Å². The number of nitrogens with zero attached hydrogens (tertiary/aromatic N) is 1. The molecule has 0 saturated heterocycles. The molecule has 0 bridgehead atoms. The third kappa shape index (κ3) is 5.70. The Kier molecular flexibility index (Phi) is 7.25. The van der Waals surface area contributed by atoms with Gasteiger partial charge in [-0.2, -0.15) is 5.10 Å². The van der Waals surface area contributed by atoms with Gasteiger partial charge >= 0.3 is 0 Å². The third-order valence-corrected chi connectivity index (χ3v) is 4.66. The minimum atomic E-state index is 0.255. The number of rotatable bonds is 6. The van der Waals surface area contributed by atoms with Crippen molar-refractivity contribution < 1.29 is 4.74 Å². The molecule has 0 aliphatic carbocycles. The van der Waals surface area contributed by atoms with Gasteiger partial charge in [0.2, 0.25) is 0 Å². The van der Waals surface area contributed by atoms with Crippen LogP contribution in [0.25, 0.3) is 0 Å². The van der Waals surface area contributed by atoms with Crippen LogP contribution < -0.4 is 15.5 Å². The maximum Gasteiger partial charge on any atom is 0.191 e. The Hall–Kier alpha value is -2.60. The number of hydrazone groups is 1. The molecule has 142 valence electrons. The molecular weight excluding hydrogens is 413 g/mol. The van der Waals surface area contributed by atoms with Gasteiger partial charge in [0.15, 0.2) is 5.11 Å². The first kappa shape index (κ1) is 20.1. The second kappa shape index (κ2) is 10.1. The van der Waals surface area contributed by atoms with Gasteiger partial charge in [0.05, 0.1) is 6.21 Å². The fourth-order valence-corrected chi connectivity index (χ4v) is 3.06. The van der Waals surface area contributed by atoms with Crippen molar-refractivity contribution in [3.63, 3.8) is 0 Å². The molecular formula is C21H17Cl2N3OS. The number of anilines is 1. The van der Waals surface area contributed by atoms with Crippen molar-refractivity contribution in [3.8, 4) is 5.75 Å². The first-order chi connectivity index (χ1) is 13.6. The maximum absolute atomic E-state index is 6.20. The van der Waals surface area contributed by atoms with Crippen LogP contribution in [0.2, 0.25) is 10.0 Å². The van der Waals surface area contributed by atoms with Crippen molar-refractivity contribution in [3.05, 3.63) is 94.0 Å². The van der Waals surface area contributed by atoms with Gasteiger partial charge < -0.3 is 10.1 Å². The second-order valence-corrected chi connectivity index (χ2v) is 6.94. The zero-order valence-corrected chi connectivity index (χ0v) is 17.1. The standard InChI is InChI=1S/C21H17Cl2N3OS/c22-18-10-6-11-19(23)17(18)14-27-20-12-5-4-7-15(20)13-24-26-21(28)25-16-8-2-1-3-9-16/h1-13H,14H2,(H2,25,26,28)/b24-13+. The molecule has 0 unspecified atom stereocenters. The molecule has 0 aromatic heterocycles. The molecule has 0 radical (unpaired) electrons. The lowest BCUT2D eigenvalue weighted by Gasteiger charge is -2.11. The molecule has 28 heavy (non-hydrogen) atoms. The van der Waals surface area contributed by atoms with Gasteiger partial charge in [-0.05, 0) is 48.6 Å². The molecule has 0 spiro atoms. The summed E-state index contributed by atoms with van der Waals surface area (Å²) in [6.45, 7) is 0.255. The summed E-state index contributed by atoms with van der Waals surface area (Å²) < 4.78 is 5.90. The zero-order valence-electron chi connectivity index (χ0n) is 14.7. The number of benzene rings is 3. The largest absolute Gasteiger partial charge is 0.488 e. The lowest BCUT2D eigenvalue weighted by Crippen LogP contribution is -2.23. The van der Waals surface area contributed by atoms with E-state index in [1.807, 2.05) is 54.6 Å². The predicted octanol–water partition coefficient (Wildman–Crippen LogP) is 5.89. The Bertz CT molecular complexity index is 960. The molecule has 3 aromatic carbocycles. The van der Waals surface area contributed by atoms with Gasteiger partial charge in [0, 0.05) is 26.9 Å². The summed E-state index contributed by atoms with van der Waals surface area (Å²) in [7, 11) is 0. The number of ether oxygens (including phenoxy) is 1. The first-order valence-corrected chi connectivity index (χ1v) is 9.60. The summed E-state index contributed by atoms with van der Waals surface area (Å²) in [5.74, 6) is 0.658. The van der Waals surface area contributed by atoms with Crippen LogP contribution in [0.3, 0.4) is 0 Å². The highest BCUT2D eigenvalue weighted by molar-refractivity contribution is 7.80. The van der Waals surface area contributed by atoms with Crippen LogP contribution in [0.5, 0.6) is 5.75 Å². The molecule has 0 aliphatic heterocycles. The van der Waals surface area contributed by atoms with E-state index in [0.717, 1.165) is 16.8 Å². The first-order valence-electron chi connectivity index (χ1n) is 8.43. The van der Waals surface area contributed by atoms with Crippen LogP contribution in [0.15, 0.2) is 77.9 Å². The summed E-state index contributed by atoms with van der Waals surface area (Å²) in [6, 6.07) is 22.5. The number of hydrogen-bond acceptors (Lipinski definition) is 3. The van der Waals surface area contributed by atoms with Gasteiger partial charge in [-0.25, -0.2) is 0 Å². The van der Waals surface area contributed by atoms with Crippen molar-refractivity contribution >= 4 is 52.4 Å². The van der Waals surface area contributed by atoms with Gasteiger partial charge in [-0.15, -0.1) is 0 Å². The lowest BCUT2D eigenvalue weighted by atomic mass is 10.2. The Morgan fingerprint density at radius 2 is 1.61 bits per heavy atom. The molecule has 0 fully saturated rings. The van der Waals surface area contributed by atoms with E-state index in [-0.39, 0.29) is 6.61 Å². The maximum atomic E-state index is 6.20. The average molecular weight is 430 g/mol. The van der Waals surface area contributed by atoms with E-state index >= 15 is 0 Å². The topological polar surface area (TPSA) is 45.7 Å². The quantitative estimate of drug-likeness (QED) is 0.291. The number of hydrogen-bond donors (Lipinski definition) is 2. The van der Waals surface area contributed by atoms with Crippen LogP contribution in [0, 0.1) is 0 Å². The fraction of sp³-hybridized carbons (Fsp3) is 0.0476. The molecule has 3 rings (SSSR count). The van der Waals surface area contributed by atoms with E-state index in [0.29, 0.717) is 20.9 Å². The average Bonchev–Trinajstić information content (AvgIpc) is 2.69. The number of halogens is 2. The molecule has 0 aliphatic rings. The number of para-hydroxylation sites is 2. The molecule has 0 saturated carbocycles. The van der Waals surface area contributed by atoms with Crippen molar-refractivity contribution in [2.24, 2.45) is 5.10 Å². The van der Waals surface area contributed by atoms with Gasteiger partial charge in [0.25, 0.3) is 0 Å². The van der Waals surface area contributed by atoms with E-state index in [9.17, 15) is 0 Å². The molecule has 4 nitrogen and oxygen atoms in total.